The lowest BCUT2D eigenvalue weighted by atomic mass is 10.1. The zero-order valence-electron chi connectivity index (χ0n) is 10.6. The standard InChI is InChI=1S/C14H14N2O3/c1-19-11-4-2-3-10(9-11)16-12(5-6-14(16)18)13(17)7-8-15/h2-4,9,12H,5-7H2,1H3. The molecule has 1 aliphatic heterocycles. The maximum absolute atomic E-state index is 11.9. The van der Waals surface area contributed by atoms with E-state index in [1.807, 2.05) is 6.07 Å². The van der Waals surface area contributed by atoms with Crippen LogP contribution in [-0.4, -0.2) is 24.8 Å². The fourth-order valence-corrected chi connectivity index (χ4v) is 2.27. The van der Waals surface area contributed by atoms with Crippen LogP contribution in [0.2, 0.25) is 0 Å². The second-order valence-corrected chi connectivity index (χ2v) is 4.32. The van der Waals surface area contributed by atoms with E-state index in [0.29, 0.717) is 24.3 Å². The summed E-state index contributed by atoms with van der Waals surface area (Å²) in [6.07, 6.45) is 0.633. The lowest BCUT2D eigenvalue weighted by Gasteiger charge is -2.23. The van der Waals surface area contributed by atoms with E-state index >= 15 is 0 Å². The minimum Gasteiger partial charge on any atom is -0.497 e. The number of nitrogens with zero attached hydrogens (tertiary/aromatic N) is 2. The second-order valence-electron chi connectivity index (χ2n) is 4.32. The van der Waals surface area contributed by atoms with Crippen LogP contribution in [0.5, 0.6) is 5.75 Å². The highest BCUT2D eigenvalue weighted by atomic mass is 16.5. The number of amides is 1. The first-order valence-corrected chi connectivity index (χ1v) is 6.03. The van der Waals surface area contributed by atoms with E-state index in [4.69, 9.17) is 10.00 Å². The number of Topliss-reactive ketones (excluding diaryl/α,β-unsaturated/α-hetero) is 1. The van der Waals surface area contributed by atoms with Crippen molar-refractivity contribution in [2.75, 3.05) is 12.0 Å². The van der Waals surface area contributed by atoms with Crippen LogP contribution < -0.4 is 9.64 Å². The van der Waals surface area contributed by atoms with Crippen molar-refractivity contribution < 1.29 is 14.3 Å². The summed E-state index contributed by atoms with van der Waals surface area (Å²) in [4.78, 5) is 25.3. The Morgan fingerprint density at radius 3 is 3.05 bits per heavy atom. The Morgan fingerprint density at radius 2 is 2.37 bits per heavy atom. The Morgan fingerprint density at radius 1 is 1.58 bits per heavy atom. The number of ketones is 1. The average Bonchev–Trinajstić information content (AvgIpc) is 2.81. The zero-order valence-corrected chi connectivity index (χ0v) is 10.6. The predicted molar refractivity (Wildman–Crippen MR) is 68.7 cm³/mol. The van der Waals surface area contributed by atoms with Gasteiger partial charge in [-0.15, -0.1) is 0 Å². The van der Waals surface area contributed by atoms with Gasteiger partial charge in [-0.25, -0.2) is 0 Å². The molecule has 1 fully saturated rings. The average molecular weight is 258 g/mol. The Hall–Kier alpha value is -2.35. The topological polar surface area (TPSA) is 70.4 Å². The number of benzene rings is 1. The van der Waals surface area contributed by atoms with Gasteiger partial charge < -0.3 is 9.64 Å². The first-order valence-electron chi connectivity index (χ1n) is 6.03. The molecule has 1 aromatic carbocycles. The van der Waals surface area contributed by atoms with Crippen LogP contribution in [0.3, 0.4) is 0 Å². The minimum absolute atomic E-state index is 0.0930. The molecule has 0 spiro atoms. The number of rotatable bonds is 4. The van der Waals surface area contributed by atoms with Gasteiger partial charge in [0.05, 0.1) is 25.6 Å². The molecule has 0 aliphatic carbocycles. The van der Waals surface area contributed by atoms with E-state index in [-0.39, 0.29) is 18.1 Å². The molecule has 0 N–H and O–H groups in total. The smallest absolute Gasteiger partial charge is 0.227 e. The van der Waals surface area contributed by atoms with Crippen molar-refractivity contribution in [3.63, 3.8) is 0 Å². The molecule has 0 aromatic heterocycles. The first-order chi connectivity index (χ1) is 9.17. The monoisotopic (exact) mass is 258 g/mol. The third-order valence-corrected chi connectivity index (χ3v) is 3.17. The summed E-state index contributed by atoms with van der Waals surface area (Å²) in [5.74, 6) is 0.324. The van der Waals surface area contributed by atoms with Crippen molar-refractivity contribution in [2.24, 2.45) is 0 Å². The van der Waals surface area contributed by atoms with Crippen LogP contribution in [0.15, 0.2) is 24.3 Å². The number of hydrogen-bond acceptors (Lipinski definition) is 4. The van der Waals surface area contributed by atoms with Gasteiger partial charge in [-0.2, -0.15) is 5.26 Å². The van der Waals surface area contributed by atoms with E-state index in [1.165, 1.54) is 4.90 Å². The summed E-state index contributed by atoms with van der Waals surface area (Å²) in [5, 5.41) is 8.61. The van der Waals surface area contributed by atoms with Crippen molar-refractivity contribution >= 4 is 17.4 Å². The van der Waals surface area contributed by atoms with Crippen molar-refractivity contribution in [1.29, 1.82) is 5.26 Å². The van der Waals surface area contributed by atoms with Gasteiger partial charge in [0.15, 0.2) is 5.78 Å². The summed E-state index contributed by atoms with van der Waals surface area (Å²) in [6.45, 7) is 0. The Kier molecular flexibility index (Phi) is 3.81. The van der Waals surface area contributed by atoms with Gasteiger partial charge in [0.1, 0.15) is 5.75 Å². The van der Waals surface area contributed by atoms with E-state index in [9.17, 15) is 9.59 Å². The molecule has 1 aromatic rings. The third kappa shape index (κ3) is 2.58. The molecule has 2 rings (SSSR count). The van der Waals surface area contributed by atoms with Gasteiger partial charge in [-0.3, -0.25) is 9.59 Å². The number of hydrogen-bond donors (Lipinski definition) is 0. The van der Waals surface area contributed by atoms with E-state index in [0.717, 1.165) is 0 Å². The van der Waals surface area contributed by atoms with Crippen molar-refractivity contribution in [2.45, 2.75) is 25.3 Å². The lowest BCUT2D eigenvalue weighted by molar-refractivity contribution is -0.121. The maximum Gasteiger partial charge on any atom is 0.227 e. The number of ether oxygens (including phenoxy) is 1. The van der Waals surface area contributed by atoms with Crippen molar-refractivity contribution in [3.8, 4) is 11.8 Å². The molecule has 1 amide bonds. The first kappa shape index (κ1) is 13.1. The van der Waals surface area contributed by atoms with Gasteiger partial charge in [0, 0.05) is 18.2 Å². The second kappa shape index (κ2) is 5.53. The van der Waals surface area contributed by atoms with E-state index in [1.54, 1.807) is 31.4 Å². The number of nitriles is 1. The molecule has 0 bridgehead atoms. The van der Waals surface area contributed by atoms with Crippen LogP contribution in [0.1, 0.15) is 19.3 Å². The van der Waals surface area contributed by atoms with Gasteiger partial charge in [0.2, 0.25) is 5.91 Å². The molecule has 1 atom stereocenters. The molecule has 1 heterocycles. The van der Waals surface area contributed by atoms with Crippen molar-refractivity contribution in [3.05, 3.63) is 24.3 Å². The Labute approximate surface area is 111 Å². The molecule has 1 saturated heterocycles. The van der Waals surface area contributed by atoms with E-state index in [2.05, 4.69) is 0 Å². The summed E-state index contributed by atoms with van der Waals surface area (Å²) < 4.78 is 5.12. The number of carbonyl (C=O) groups is 2. The molecule has 98 valence electrons. The lowest BCUT2D eigenvalue weighted by Crippen LogP contribution is -2.38. The zero-order chi connectivity index (χ0) is 13.8. The van der Waals surface area contributed by atoms with E-state index < -0.39 is 6.04 Å². The number of anilines is 1. The highest BCUT2D eigenvalue weighted by Crippen LogP contribution is 2.30. The SMILES string of the molecule is COc1cccc(N2C(=O)CCC2C(=O)CC#N)c1. The van der Waals surface area contributed by atoms with Gasteiger partial charge in [-0.1, -0.05) is 6.07 Å². The van der Waals surface area contributed by atoms with Crippen molar-refractivity contribution in [1.82, 2.24) is 0 Å². The van der Waals surface area contributed by atoms with Gasteiger partial charge >= 0.3 is 0 Å². The maximum atomic E-state index is 11.9. The minimum atomic E-state index is -0.528. The molecule has 19 heavy (non-hydrogen) atoms. The molecule has 1 unspecified atom stereocenters. The predicted octanol–water partition coefficient (Wildman–Crippen LogP) is 1.67. The third-order valence-electron chi connectivity index (χ3n) is 3.17. The summed E-state index contributed by atoms with van der Waals surface area (Å²) >= 11 is 0. The summed E-state index contributed by atoms with van der Waals surface area (Å²) in [6, 6.07) is 8.34. The number of carbonyl (C=O) groups excluding carboxylic acids is 2. The largest absolute Gasteiger partial charge is 0.497 e. The van der Waals surface area contributed by atoms with Crippen LogP contribution >= 0.6 is 0 Å². The van der Waals surface area contributed by atoms with Crippen LogP contribution in [0.4, 0.5) is 5.69 Å². The fourth-order valence-electron chi connectivity index (χ4n) is 2.27. The highest BCUT2D eigenvalue weighted by Gasteiger charge is 2.36. The fraction of sp³-hybridized carbons (Fsp3) is 0.357. The van der Waals surface area contributed by atoms with Crippen LogP contribution in [0.25, 0.3) is 0 Å². The molecular weight excluding hydrogens is 244 g/mol. The molecule has 1 aliphatic rings. The molecule has 0 saturated carbocycles. The Balaban J connectivity index is 2.31. The Bertz CT molecular complexity index is 548. The summed E-state index contributed by atoms with van der Waals surface area (Å²) in [5.41, 5.74) is 0.637. The van der Waals surface area contributed by atoms with Gasteiger partial charge in [-0.05, 0) is 18.6 Å². The summed E-state index contributed by atoms with van der Waals surface area (Å²) in [7, 11) is 1.54. The molecule has 0 radical (unpaired) electrons. The van der Waals surface area contributed by atoms with Crippen LogP contribution in [-0.2, 0) is 9.59 Å². The molecule has 5 heteroatoms. The molecule has 5 nitrogen and oxygen atoms in total. The highest BCUT2D eigenvalue weighted by molar-refractivity contribution is 6.04. The number of methoxy groups -OCH3 is 1. The molecular formula is C14H14N2O3. The quantitative estimate of drug-likeness (QED) is 0.823. The normalized spacial score (nSPS) is 18.2. The van der Waals surface area contributed by atoms with Gasteiger partial charge in [0.25, 0.3) is 0 Å². The van der Waals surface area contributed by atoms with Crippen LogP contribution in [0, 0.1) is 11.3 Å².